The van der Waals surface area contributed by atoms with Crippen molar-refractivity contribution in [3.8, 4) is 22.6 Å². The fraction of sp³-hybridized carbons (Fsp3) is 0.0952. The normalized spacial score (nSPS) is 11.0. The van der Waals surface area contributed by atoms with Crippen LogP contribution in [-0.2, 0) is 13.7 Å². The predicted octanol–water partition coefficient (Wildman–Crippen LogP) is 3.56. The molecule has 4 rings (SSSR count). The number of fused-ring (bicyclic) bond motifs is 1. The van der Waals surface area contributed by atoms with E-state index in [-0.39, 0.29) is 23.7 Å². The number of aryl methyl sites for hydroxylation is 1. The second-order valence-corrected chi connectivity index (χ2v) is 6.41. The van der Waals surface area contributed by atoms with Gasteiger partial charge in [0.25, 0.3) is 5.56 Å². The number of ether oxygens (including phenoxy) is 1. The number of hydrogen-bond acceptors (Lipinski definition) is 5. The molecule has 6 nitrogen and oxygen atoms in total. The van der Waals surface area contributed by atoms with Crippen molar-refractivity contribution in [1.82, 2.24) is 14.5 Å². The van der Waals surface area contributed by atoms with Gasteiger partial charge in [0.2, 0.25) is 0 Å². The van der Waals surface area contributed by atoms with Crippen molar-refractivity contribution < 1.29 is 18.6 Å². The van der Waals surface area contributed by atoms with Gasteiger partial charge in [-0.1, -0.05) is 6.07 Å². The summed E-state index contributed by atoms with van der Waals surface area (Å²) in [4.78, 5) is 20.6. The van der Waals surface area contributed by atoms with Crippen LogP contribution in [0.4, 0.5) is 8.78 Å². The highest BCUT2D eigenvalue weighted by atomic mass is 19.1. The monoisotopic (exact) mass is 395 g/mol. The van der Waals surface area contributed by atoms with E-state index in [1.807, 2.05) is 0 Å². The Morgan fingerprint density at radius 3 is 2.66 bits per heavy atom. The van der Waals surface area contributed by atoms with Gasteiger partial charge in [-0.25, -0.2) is 18.7 Å². The first-order valence-electron chi connectivity index (χ1n) is 8.64. The summed E-state index contributed by atoms with van der Waals surface area (Å²) in [5, 5.41) is 9.86. The third kappa shape index (κ3) is 3.45. The topological polar surface area (TPSA) is 77.2 Å². The number of pyridine rings is 1. The second kappa shape index (κ2) is 7.40. The molecule has 0 atom stereocenters. The molecule has 0 radical (unpaired) electrons. The first kappa shape index (κ1) is 18.7. The minimum absolute atomic E-state index is 0.159. The highest BCUT2D eigenvalue weighted by Crippen LogP contribution is 2.37. The zero-order valence-electron chi connectivity index (χ0n) is 15.3. The van der Waals surface area contributed by atoms with E-state index in [1.165, 1.54) is 23.2 Å². The molecule has 0 unspecified atom stereocenters. The van der Waals surface area contributed by atoms with E-state index in [0.717, 1.165) is 12.1 Å². The van der Waals surface area contributed by atoms with Gasteiger partial charge in [-0.3, -0.25) is 4.79 Å². The smallest absolute Gasteiger partial charge is 0.261 e. The van der Waals surface area contributed by atoms with Crippen LogP contribution < -0.4 is 10.3 Å². The Balaban J connectivity index is 1.95. The molecule has 1 N–H and O–H groups in total. The van der Waals surface area contributed by atoms with E-state index in [0.29, 0.717) is 27.6 Å². The summed E-state index contributed by atoms with van der Waals surface area (Å²) in [6.07, 6.45) is 4.33. The molecule has 0 aliphatic rings. The number of aliphatic hydroxyl groups is 1. The molecule has 146 valence electrons. The Hall–Kier alpha value is -3.65. The number of halogens is 2. The van der Waals surface area contributed by atoms with Crippen LogP contribution >= 0.6 is 0 Å². The molecule has 0 fully saturated rings. The van der Waals surface area contributed by atoms with Gasteiger partial charge in [-0.2, -0.15) is 0 Å². The third-order valence-corrected chi connectivity index (χ3v) is 4.47. The largest absolute Gasteiger partial charge is 0.454 e. The molecule has 0 amide bonds. The van der Waals surface area contributed by atoms with Crippen LogP contribution in [0.25, 0.3) is 22.0 Å². The standard InChI is InChI=1S/C21H15F2N3O3/c1-26-9-16(20-15(21(26)28)8-24-11-25-20)14-6-12(10-27)2-4-18(14)29-19-5-3-13(22)7-17(19)23/h2-9,11,27H,10H2,1H3. The summed E-state index contributed by atoms with van der Waals surface area (Å²) in [5.41, 5.74) is 1.73. The van der Waals surface area contributed by atoms with Crippen molar-refractivity contribution in [2.24, 2.45) is 7.05 Å². The van der Waals surface area contributed by atoms with Gasteiger partial charge in [-0.05, 0) is 29.8 Å². The fourth-order valence-electron chi connectivity index (χ4n) is 3.05. The lowest BCUT2D eigenvalue weighted by molar-refractivity contribution is 0.282. The van der Waals surface area contributed by atoms with E-state index < -0.39 is 11.6 Å². The quantitative estimate of drug-likeness (QED) is 0.572. The fourth-order valence-corrected chi connectivity index (χ4v) is 3.05. The van der Waals surface area contributed by atoms with Gasteiger partial charge in [0.15, 0.2) is 11.6 Å². The van der Waals surface area contributed by atoms with E-state index in [9.17, 15) is 18.7 Å². The average molecular weight is 395 g/mol. The molecule has 0 saturated heterocycles. The Labute approximate surface area is 163 Å². The number of hydrogen-bond donors (Lipinski definition) is 1. The van der Waals surface area contributed by atoms with Gasteiger partial charge in [-0.15, -0.1) is 0 Å². The molecule has 0 aliphatic heterocycles. The van der Waals surface area contributed by atoms with Crippen molar-refractivity contribution in [3.63, 3.8) is 0 Å². The van der Waals surface area contributed by atoms with Crippen molar-refractivity contribution in [1.29, 1.82) is 0 Å². The summed E-state index contributed by atoms with van der Waals surface area (Å²) in [7, 11) is 1.59. The van der Waals surface area contributed by atoms with Crippen molar-refractivity contribution in [2.45, 2.75) is 6.61 Å². The minimum Gasteiger partial charge on any atom is -0.454 e. The summed E-state index contributed by atoms with van der Waals surface area (Å²) >= 11 is 0. The van der Waals surface area contributed by atoms with Crippen molar-refractivity contribution in [2.75, 3.05) is 0 Å². The van der Waals surface area contributed by atoms with Gasteiger partial charge < -0.3 is 14.4 Å². The highest BCUT2D eigenvalue weighted by molar-refractivity contribution is 5.94. The predicted molar refractivity (Wildman–Crippen MR) is 103 cm³/mol. The molecule has 2 aromatic carbocycles. The summed E-state index contributed by atoms with van der Waals surface area (Å²) in [6, 6.07) is 7.87. The van der Waals surface area contributed by atoms with Crippen LogP contribution in [0.5, 0.6) is 11.5 Å². The number of rotatable bonds is 4. The zero-order valence-corrected chi connectivity index (χ0v) is 15.3. The van der Waals surface area contributed by atoms with Crippen LogP contribution in [0.1, 0.15) is 5.56 Å². The van der Waals surface area contributed by atoms with Crippen LogP contribution in [0, 0.1) is 11.6 Å². The number of benzene rings is 2. The molecule has 0 spiro atoms. The van der Waals surface area contributed by atoms with Gasteiger partial charge in [0.05, 0.1) is 17.5 Å². The molecule has 2 heterocycles. The van der Waals surface area contributed by atoms with E-state index in [4.69, 9.17) is 4.74 Å². The molecule has 29 heavy (non-hydrogen) atoms. The molecule has 0 bridgehead atoms. The summed E-state index contributed by atoms with van der Waals surface area (Å²) in [5.74, 6) is -1.47. The van der Waals surface area contributed by atoms with Gasteiger partial charge in [0, 0.05) is 36.6 Å². The maximum Gasteiger partial charge on any atom is 0.261 e. The van der Waals surface area contributed by atoms with E-state index in [1.54, 1.807) is 31.4 Å². The highest BCUT2D eigenvalue weighted by Gasteiger charge is 2.17. The van der Waals surface area contributed by atoms with Crippen molar-refractivity contribution in [3.05, 3.63) is 82.7 Å². The number of aromatic nitrogens is 3. The Morgan fingerprint density at radius 2 is 1.90 bits per heavy atom. The molecule has 8 heteroatoms. The molecular formula is C21H15F2N3O3. The van der Waals surface area contributed by atoms with Crippen LogP contribution in [0.15, 0.2) is 59.9 Å². The molecular weight excluding hydrogens is 380 g/mol. The van der Waals surface area contributed by atoms with E-state index >= 15 is 0 Å². The molecule has 2 aromatic heterocycles. The molecule has 0 saturated carbocycles. The maximum atomic E-state index is 14.1. The summed E-state index contributed by atoms with van der Waals surface area (Å²) in [6.45, 7) is -0.225. The first-order valence-corrected chi connectivity index (χ1v) is 8.64. The second-order valence-electron chi connectivity index (χ2n) is 6.41. The Bertz CT molecular complexity index is 1290. The third-order valence-electron chi connectivity index (χ3n) is 4.47. The lowest BCUT2D eigenvalue weighted by Gasteiger charge is -2.15. The lowest BCUT2D eigenvalue weighted by atomic mass is 10.0. The van der Waals surface area contributed by atoms with Crippen LogP contribution in [0.2, 0.25) is 0 Å². The number of nitrogens with zero attached hydrogens (tertiary/aromatic N) is 3. The number of aliphatic hydroxyl groups excluding tert-OH is 1. The van der Waals surface area contributed by atoms with Crippen LogP contribution in [-0.4, -0.2) is 19.6 Å². The van der Waals surface area contributed by atoms with Gasteiger partial charge >= 0.3 is 0 Å². The van der Waals surface area contributed by atoms with Crippen LogP contribution in [0.3, 0.4) is 0 Å². The zero-order chi connectivity index (χ0) is 20.5. The van der Waals surface area contributed by atoms with Gasteiger partial charge in [0.1, 0.15) is 17.9 Å². The average Bonchev–Trinajstić information content (AvgIpc) is 2.73. The molecule has 4 aromatic rings. The molecule has 0 aliphatic carbocycles. The SMILES string of the molecule is Cn1cc(-c2cc(CO)ccc2Oc2ccc(F)cc2F)c2ncncc2c1=O. The summed E-state index contributed by atoms with van der Waals surface area (Å²) < 4.78 is 34.4. The lowest BCUT2D eigenvalue weighted by Crippen LogP contribution is -2.17. The Kier molecular flexibility index (Phi) is 4.77. The minimum atomic E-state index is -0.852. The van der Waals surface area contributed by atoms with E-state index in [2.05, 4.69) is 9.97 Å². The Morgan fingerprint density at radius 1 is 1.10 bits per heavy atom. The van der Waals surface area contributed by atoms with Crippen molar-refractivity contribution >= 4 is 10.9 Å². The maximum absolute atomic E-state index is 14.1. The first-order chi connectivity index (χ1) is 14.0.